The number of aromatic nitrogens is 4. The first-order chi connectivity index (χ1) is 11.7. The molecule has 0 saturated carbocycles. The Bertz CT molecular complexity index is 1100. The van der Waals surface area contributed by atoms with Crippen LogP contribution in [-0.4, -0.2) is 19.5 Å². The third-order valence-electron chi connectivity index (χ3n) is 4.01. The van der Waals surface area contributed by atoms with Crippen molar-refractivity contribution in [2.24, 2.45) is 0 Å². The number of nitrogens with zero attached hydrogens (tertiary/aromatic N) is 4. The fourth-order valence-electron chi connectivity index (χ4n) is 2.83. The van der Waals surface area contributed by atoms with E-state index in [1.807, 2.05) is 48.1 Å². The molecule has 4 rings (SSSR count). The van der Waals surface area contributed by atoms with Gasteiger partial charge in [0.2, 0.25) is 0 Å². The van der Waals surface area contributed by atoms with Gasteiger partial charge < -0.3 is 9.55 Å². The van der Waals surface area contributed by atoms with Gasteiger partial charge in [-0.2, -0.15) is 5.26 Å². The highest BCUT2D eigenvalue weighted by Gasteiger charge is 2.14. The van der Waals surface area contributed by atoms with Crippen LogP contribution in [0, 0.1) is 18.3 Å². The molecule has 0 atom stereocenters. The minimum atomic E-state index is 0.572. The van der Waals surface area contributed by atoms with Crippen LogP contribution in [0.1, 0.15) is 11.1 Å². The third kappa shape index (κ3) is 2.25. The number of H-pyrrole nitrogens is 1. The number of nitriles is 1. The summed E-state index contributed by atoms with van der Waals surface area (Å²) in [7, 11) is 0. The monoisotopic (exact) mass is 333 g/mol. The van der Waals surface area contributed by atoms with Crippen molar-refractivity contribution in [1.82, 2.24) is 19.5 Å². The first-order valence-corrected chi connectivity index (χ1v) is 7.72. The average Bonchev–Trinajstić information content (AvgIpc) is 3.23. The second-order valence-corrected chi connectivity index (χ2v) is 5.94. The highest BCUT2D eigenvalue weighted by molar-refractivity contribution is 6.30. The SMILES string of the molecule is Cc1ccc(Cl)cc1-c1cn(-c2ncnc3[nH]ccc23)cc1C#N. The van der Waals surface area contributed by atoms with E-state index >= 15 is 0 Å². The zero-order valence-electron chi connectivity index (χ0n) is 12.8. The predicted molar refractivity (Wildman–Crippen MR) is 93.1 cm³/mol. The normalized spacial score (nSPS) is 10.9. The molecule has 1 aromatic carbocycles. The zero-order valence-corrected chi connectivity index (χ0v) is 13.5. The summed E-state index contributed by atoms with van der Waals surface area (Å²) in [6.45, 7) is 2.00. The van der Waals surface area contributed by atoms with Gasteiger partial charge in [0, 0.05) is 29.2 Å². The number of halogens is 1. The maximum absolute atomic E-state index is 9.54. The lowest BCUT2D eigenvalue weighted by Gasteiger charge is -2.05. The van der Waals surface area contributed by atoms with E-state index in [0.29, 0.717) is 10.6 Å². The van der Waals surface area contributed by atoms with Crippen LogP contribution in [0.15, 0.2) is 49.2 Å². The summed E-state index contributed by atoms with van der Waals surface area (Å²) in [4.78, 5) is 11.6. The Labute approximate surface area is 143 Å². The molecule has 116 valence electrons. The van der Waals surface area contributed by atoms with Crippen molar-refractivity contribution >= 4 is 22.6 Å². The number of hydrogen-bond acceptors (Lipinski definition) is 3. The Hall–Kier alpha value is -3.10. The number of aryl methyl sites for hydroxylation is 1. The van der Waals surface area contributed by atoms with E-state index in [2.05, 4.69) is 21.0 Å². The van der Waals surface area contributed by atoms with E-state index in [-0.39, 0.29) is 0 Å². The largest absolute Gasteiger partial charge is 0.346 e. The van der Waals surface area contributed by atoms with E-state index in [1.165, 1.54) is 6.33 Å². The summed E-state index contributed by atoms with van der Waals surface area (Å²) in [6, 6.07) is 9.85. The Morgan fingerprint density at radius 3 is 2.88 bits per heavy atom. The van der Waals surface area contributed by atoms with Crippen molar-refractivity contribution in [2.75, 3.05) is 0 Å². The smallest absolute Gasteiger partial charge is 0.149 e. The zero-order chi connectivity index (χ0) is 16.7. The van der Waals surface area contributed by atoms with Gasteiger partial charge in [-0.15, -0.1) is 0 Å². The molecule has 0 aliphatic rings. The van der Waals surface area contributed by atoms with Gasteiger partial charge in [0.15, 0.2) is 0 Å². The molecule has 0 spiro atoms. The van der Waals surface area contributed by atoms with Crippen LogP contribution in [0.4, 0.5) is 0 Å². The second-order valence-electron chi connectivity index (χ2n) is 5.50. The molecule has 1 N–H and O–H groups in total. The predicted octanol–water partition coefficient (Wildman–Crippen LogP) is 4.25. The van der Waals surface area contributed by atoms with Crippen molar-refractivity contribution in [3.8, 4) is 23.0 Å². The molecule has 0 fully saturated rings. The van der Waals surface area contributed by atoms with Gasteiger partial charge in [-0.05, 0) is 36.2 Å². The maximum atomic E-state index is 9.54. The van der Waals surface area contributed by atoms with E-state index in [9.17, 15) is 5.26 Å². The number of rotatable bonds is 2. The fourth-order valence-corrected chi connectivity index (χ4v) is 3.00. The Morgan fingerprint density at radius 2 is 2.04 bits per heavy atom. The highest BCUT2D eigenvalue weighted by Crippen LogP contribution is 2.31. The van der Waals surface area contributed by atoms with Crippen LogP contribution in [0.5, 0.6) is 0 Å². The summed E-state index contributed by atoms with van der Waals surface area (Å²) in [5.74, 6) is 0.726. The van der Waals surface area contributed by atoms with Crippen LogP contribution in [0.25, 0.3) is 28.0 Å². The second kappa shape index (κ2) is 5.52. The van der Waals surface area contributed by atoms with Gasteiger partial charge in [-0.25, -0.2) is 9.97 Å². The molecule has 3 heterocycles. The minimum Gasteiger partial charge on any atom is -0.346 e. The number of hydrogen-bond donors (Lipinski definition) is 1. The van der Waals surface area contributed by atoms with Gasteiger partial charge in [0.1, 0.15) is 23.9 Å². The van der Waals surface area contributed by atoms with Crippen LogP contribution in [-0.2, 0) is 0 Å². The third-order valence-corrected chi connectivity index (χ3v) is 4.25. The first-order valence-electron chi connectivity index (χ1n) is 7.34. The quantitative estimate of drug-likeness (QED) is 0.596. The van der Waals surface area contributed by atoms with Crippen LogP contribution in [0.3, 0.4) is 0 Å². The molecule has 5 nitrogen and oxygen atoms in total. The van der Waals surface area contributed by atoms with E-state index in [0.717, 1.165) is 33.5 Å². The standard InChI is InChI=1S/C18H12ClN5/c1-11-2-3-13(19)6-15(11)16-9-24(8-12(16)7-20)18-14-4-5-21-17(14)22-10-23-18/h2-6,8-10H,1H3,(H,21,22,23). The molecular weight excluding hydrogens is 322 g/mol. The number of fused-ring (bicyclic) bond motifs is 1. The summed E-state index contributed by atoms with van der Waals surface area (Å²) in [5, 5.41) is 11.1. The Morgan fingerprint density at radius 1 is 1.17 bits per heavy atom. The van der Waals surface area contributed by atoms with Gasteiger partial charge in [-0.1, -0.05) is 17.7 Å². The Kier molecular flexibility index (Phi) is 3.33. The van der Waals surface area contributed by atoms with Crippen molar-refractivity contribution in [3.63, 3.8) is 0 Å². The first kappa shape index (κ1) is 14.5. The molecule has 0 amide bonds. The molecule has 0 unspecified atom stereocenters. The number of aromatic amines is 1. The van der Waals surface area contributed by atoms with Crippen LogP contribution in [0.2, 0.25) is 5.02 Å². The van der Waals surface area contributed by atoms with Gasteiger partial charge in [0.25, 0.3) is 0 Å². The van der Waals surface area contributed by atoms with Crippen molar-refractivity contribution in [1.29, 1.82) is 5.26 Å². The van der Waals surface area contributed by atoms with Gasteiger partial charge in [-0.3, -0.25) is 0 Å². The molecule has 4 aromatic rings. The van der Waals surface area contributed by atoms with Gasteiger partial charge in [0.05, 0.1) is 10.9 Å². The lowest BCUT2D eigenvalue weighted by Crippen LogP contribution is -1.95. The molecule has 0 bridgehead atoms. The molecular formula is C18H12ClN5. The van der Waals surface area contributed by atoms with Crippen molar-refractivity contribution < 1.29 is 0 Å². The number of nitrogens with one attached hydrogen (secondary N) is 1. The van der Waals surface area contributed by atoms with E-state index in [1.54, 1.807) is 6.20 Å². The summed E-state index contributed by atoms with van der Waals surface area (Å²) >= 11 is 6.14. The summed E-state index contributed by atoms with van der Waals surface area (Å²) in [5.41, 5.74) is 4.16. The lowest BCUT2D eigenvalue weighted by atomic mass is 10.0. The molecule has 0 aliphatic heterocycles. The molecule has 24 heavy (non-hydrogen) atoms. The summed E-state index contributed by atoms with van der Waals surface area (Å²) < 4.78 is 1.85. The van der Waals surface area contributed by atoms with E-state index in [4.69, 9.17) is 11.6 Å². The molecule has 6 heteroatoms. The number of benzene rings is 1. The maximum Gasteiger partial charge on any atom is 0.149 e. The van der Waals surface area contributed by atoms with Crippen molar-refractivity contribution in [3.05, 3.63) is 65.3 Å². The average molecular weight is 334 g/mol. The van der Waals surface area contributed by atoms with Gasteiger partial charge >= 0.3 is 0 Å². The molecule has 0 saturated heterocycles. The topological polar surface area (TPSA) is 70.3 Å². The van der Waals surface area contributed by atoms with Crippen LogP contribution >= 0.6 is 11.6 Å². The minimum absolute atomic E-state index is 0.572. The lowest BCUT2D eigenvalue weighted by molar-refractivity contribution is 1.00. The molecule has 0 aliphatic carbocycles. The molecule has 3 aromatic heterocycles. The van der Waals surface area contributed by atoms with E-state index < -0.39 is 0 Å². The fraction of sp³-hybridized carbons (Fsp3) is 0.0556. The van der Waals surface area contributed by atoms with Crippen molar-refractivity contribution in [2.45, 2.75) is 6.92 Å². The summed E-state index contributed by atoms with van der Waals surface area (Å²) in [6.07, 6.45) is 7.01. The van der Waals surface area contributed by atoms with Crippen LogP contribution < -0.4 is 0 Å². The molecule has 0 radical (unpaired) electrons. The highest BCUT2D eigenvalue weighted by atomic mass is 35.5. The Balaban J connectivity index is 1.95.